The first-order chi connectivity index (χ1) is 9.15. The van der Waals surface area contributed by atoms with E-state index in [2.05, 4.69) is 20.1 Å². The van der Waals surface area contributed by atoms with Crippen LogP contribution in [0.3, 0.4) is 0 Å². The van der Waals surface area contributed by atoms with Gasteiger partial charge in [-0.25, -0.2) is 4.79 Å². The zero-order chi connectivity index (χ0) is 13.8. The lowest BCUT2D eigenvalue weighted by atomic mass is 9.90. The van der Waals surface area contributed by atoms with Crippen molar-refractivity contribution in [2.75, 3.05) is 0 Å². The van der Waals surface area contributed by atoms with Crippen LogP contribution in [0.5, 0.6) is 0 Å². The van der Waals surface area contributed by atoms with Gasteiger partial charge in [0.05, 0.1) is 5.92 Å². The Morgan fingerprint density at radius 1 is 1.05 bits per heavy atom. The molecule has 3 nitrogen and oxygen atoms in total. The van der Waals surface area contributed by atoms with Crippen LogP contribution in [0.15, 0.2) is 24.5 Å². The molecule has 19 heavy (non-hydrogen) atoms. The summed E-state index contributed by atoms with van der Waals surface area (Å²) in [4.78, 5) is 11.5. The number of rotatable bonds is 7. The van der Waals surface area contributed by atoms with E-state index in [9.17, 15) is 4.79 Å². The van der Waals surface area contributed by atoms with Gasteiger partial charge in [0, 0.05) is 5.57 Å². The first kappa shape index (κ1) is 14.2. The molecular weight excluding hydrogens is 240 g/mol. The van der Waals surface area contributed by atoms with Crippen LogP contribution in [0.25, 0.3) is 0 Å². The van der Waals surface area contributed by atoms with Crippen molar-refractivity contribution >= 4 is 5.97 Å². The molecule has 0 spiro atoms. The van der Waals surface area contributed by atoms with Crippen LogP contribution < -0.4 is 0 Å². The number of esters is 1. The average Bonchev–Trinajstić information content (AvgIpc) is 2.84. The fourth-order valence-corrected chi connectivity index (χ4v) is 2.97. The summed E-state index contributed by atoms with van der Waals surface area (Å²) in [5.41, 5.74) is 0.555. The van der Waals surface area contributed by atoms with Crippen molar-refractivity contribution in [1.29, 1.82) is 0 Å². The zero-order valence-electron chi connectivity index (χ0n) is 11.8. The Morgan fingerprint density at radius 3 is 2.47 bits per heavy atom. The molecular formula is C16H24O3. The molecule has 0 aromatic rings. The molecule has 2 heterocycles. The van der Waals surface area contributed by atoms with Crippen LogP contribution in [0.4, 0.5) is 0 Å². The minimum Gasteiger partial charge on any atom is -0.491 e. The maximum atomic E-state index is 11.5. The monoisotopic (exact) mass is 264 g/mol. The molecule has 2 aliphatic rings. The molecule has 0 bridgehead atoms. The summed E-state index contributed by atoms with van der Waals surface area (Å²) in [6, 6.07) is 0. The topological polar surface area (TPSA) is 35.5 Å². The lowest BCUT2D eigenvalue weighted by Gasteiger charge is -2.15. The third-order valence-corrected chi connectivity index (χ3v) is 4.09. The maximum Gasteiger partial charge on any atom is 0.334 e. The number of unbranched alkanes of at least 4 members (excludes halogenated alkanes) is 5. The van der Waals surface area contributed by atoms with Crippen molar-refractivity contribution in [3.63, 3.8) is 0 Å². The minimum absolute atomic E-state index is 0.00404. The Balaban J connectivity index is 1.76. The number of fused-ring (bicyclic) bond motifs is 1. The van der Waals surface area contributed by atoms with Crippen molar-refractivity contribution in [2.24, 2.45) is 5.92 Å². The van der Waals surface area contributed by atoms with Crippen molar-refractivity contribution in [3.05, 3.63) is 24.5 Å². The highest BCUT2D eigenvalue weighted by Gasteiger charge is 2.51. The van der Waals surface area contributed by atoms with Crippen LogP contribution in [-0.2, 0) is 14.3 Å². The van der Waals surface area contributed by atoms with Crippen LogP contribution in [0, 0.1) is 5.92 Å². The number of carbonyl (C=O) groups excluding carboxylic acids is 1. The van der Waals surface area contributed by atoms with Gasteiger partial charge in [-0.2, -0.15) is 0 Å². The van der Waals surface area contributed by atoms with Crippen LogP contribution >= 0.6 is 0 Å². The van der Waals surface area contributed by atoms with Gasteiger partial charge >= 0.3 is 5.97 Å². The summed E-state index contributed by atoms with van der Waals surface area (Å²) in [5, 5.41) is 0. The standard InChI is InChI=1S/C16H24O3/c1-4-5-6-7-8-9-10-13-14-11(2)16(17)19-15(14)12(3)18-13/h13-15H,2-10H2,1H3/t13-,14-,15+/m1/s1. The largest absolute Gasteiger partial charge is 0.491 e. The molecule has 0 unspecified atom stereocenters. The average molecular weight is 264 g/mol. The Morgan fingerprint density at radius 2 is 1.74 bits per heavy atom. The van der Waals surface area contributed by atoms with Gasteiger partial charge in [-0.15, -0.1) is 0 Å². The minimum atomic E-state index is -0.287. The molecule has 0 aromatic carbocycles. The summed E-state index contributed by atoms with van der Waals surface area (Å²) in [6.45, 7) is 9.90. The second-order valence-corrected chi connectivity index (χ2v) is 5.56. The van der Waals surface area contributed by atoms with Gasteiger partial charge in [0.2, 0.25) is 0 Å². The SMILES string of the molecule is C=C1C(=O)O[C@H]2C(=C)O[C@H](CCCCCCCC)[C@@H]12. The van der Waals surface area contributed by atoms with Crippen molar-refractivity contribution in [3.8, 4) is 0 Å². The van der Waals surface area contributed by atoms with Crippen LogP contribution in [0.2, 0.25) is 0 Å². The van der Waals surface area contributed by atoms with Gasteiger partial charge in [-0.3, -0.25) is 0 Å². The molecule has 0 amide bonds. The number of carbonyl (C=O) groups is 1. The Hall–Kier alpha value is -1.25. The molecule has 3 heteroatoms. The van der Waals surface area contributed by atoms with Gasteiger partial charge in [0.15, 0.2) is 6.10 Å². The highest BCUT2D eigenvalue weighted by atomic mass is 16.6. The van der Waals surface area contributed by atoms with Crippen molar-refractivity contribution in [2.45, 2.75) is 64.1 Å². The number of ether oxygens (including phenoxy) is 2. The highest BCUT2D eigenvalue weighted by molar-refractivity contribution is 5.91. The molecule has 2 aliphatic heterocycles. The second kappa shape index (κ2) is 6.27. The second-order valence-electron chi connectivity index (χ2n) is 5.56. The van der Waals surface area contributed by atoms with E-state index >= 15 is 0 Å². The van der Waals surface area contributed by atoms with E-state index in [4.69, 9.17) is 9.47 Å². The molecule has 0 N–H and O–H groups in total. The number of hydrogen-bond donors (Lipinski definition) is 0. The Labute approximate surface area is 115 Å². The first-order valence-electron chi connectivity index (χ1n) is 7.40. The van der Waals surface area contributed by atoms with Crippen molar-refractivity contribution < 1.29 is 14.3 Å². The predicted molar refractivity (Wildman–Crippen MR) is 74.5 cm³/mol. The summed E-state index contributed by atoms with van der Waals surface area (Å²) in [6.07, 6.45) is 8.25. The van der Waals surface area contributed by atoms with Gasteiger partial charge in [-0.05, 0) is 12.8 Å². The molecule has 2 rings (SSSR count). The van der Waals surface area contributed by atoms with Crippen LogP contribution in [-0.4, -0.2) is 18.2 Å². The van der Waals surface area contributed by atoms with E-state index in [0.29, 0.717) is 11.3 Å². The van der Waals surface area contributed by atoms with Crippen molar-refractivity contribution in [1.82, 2.24) is 0 Å². The summed E-state index contributed by atoms with van der Waals surface area (Å²) >= 11 is 0. The zero-order valence-corrected chi connectivity index (χ0v) is 11.8. The lowest BCUT2D eigenvalue weighted by molar-refractivity contribution is -0.138. The summed E-state index contributed by atoms with van der Waals surface area (Å²) in [5.74, 6) is 0.302. The molecule has 2 saturated heterocycles. The fourth-order valence-electron chi connectivity index (χ4n) is 2.97. The summed E-state index contributed by atoms with van der Waals surface area (Å²) < 4.78 is 11.0. The van der Waals surface area contributed by atoms with Gasteiger partial charge in [0.25, 0.3) is 0 Å². The van der Waals surface area contributed by atoms with E-state index in [-0.39, 0.29) is 24.1 Å². The molecule has 0 radical (unpaired) electrons. The molecule has 3 atom stereocenters. The normalized spacial score (nSPS) is 29.3. The predicted octanol–water partition coefficient (Wildman–Crippen LogP) is 3.75. The molecule has 106 valence electrons. The molecule has 0 aliphatic carbocycles. The quantitative estimate of drug-likeness (QED) is 0.399. The Kier molecular flexibility index (Phi) is 4.67. The summed E-state index contributed by atoms with van der Waals surface area (Å²) in [7, 11) is 0. The number of hydrogen-bond acceptors (Lipinski definition) is 3. The molecule has 2 fully saturated rings. The van der Waals surface area contributed by atoms with Gasteiger partial charge in [-0.1, -0.05) is 52.2 Å². The third-order valence-electron chi connectivity index (χ3n) is 4.09. The van der Waals surface area contributed by atoms with E-state index < -0.39 is 0 Å². The van der Waals surface area contributed by atoms with Gasteiger partial charge in [0.1, 0.15) is 11.9 Å². The first-order valence-corrected chi connectivity index (χ1v) is 7.40. The fraction of sp³-hybridized carbons (Fsp3) is 0.688. The lowest BCUT2D eigenvalue weighted by Crippen LogP contribution is -2.20. The maximum absolute atomic E-state index is 11.5. The van der Waals surface area contributed by atoms with Crippen LogP contribution in [0.1, 0.15) is 51.9 Å². The van der Waals surface area contributed by atoms with E-state index in [0.717, 1.165) is 12.8 Å². The third kappa shape index (κ3) is 3.02. The highest BCUT2D eigenvalue weighted by Crippen LogP contribution is 2.43. The molecule has 0 saturated carbocycles. The smallest absolute Gasteiger partial charge is 0.334 e. The van der Waals surface area contributed by atoms with E-state index in [1.54, 1.807) is 0 Å². The molecule has 0 aromatic heterocycles. The Bertz CT molecular complexity index is 372. The van der Waals surface area contributed by atoms with E-state index in [1.165, 1.54) is 32.1 Å². The van der Waals surface area contributed by atoms with E-state index in [1.807, 2.05) is 0 Å². The van der Waals surface area contributed by atoms with Gasteiger partial charge < -0.3 is 9.47 Å².